The molecule has 1 unspecified atom stereocenters. The maximum Gasteiger partial charge on any atom is 0.238 e. The largest absolute Gasteiger partial charge is 0.359 e. The number of rotatable bonds is 9. The Hall–Kier alpha value is -3.59. The number of carbonyl (C=O) groups excluding carboxylic acids is 2. The molecule has 0 spiro atoms. The average molecular weight is 560 g/mol. The SMILES string of the molecule is CN(CCc1ccccc1)C(=N)c1ccc(CN2C(=O)CN(Sc3cc4cc(Cl)ccc4[nH]3)CC2C=O)cc1. The Morgan fingerprint density at radius 1 is 1.10 bits per heavy atom. The maximum absolute atomic E-state index is 13.1. The monoisotopic (exact) mass is 559 g/mol. The van der Waals surface area contributed by atoms with Crippen LogP contribution in [0, 0.1) is 5.41 Å². The molecule has 1 amide bonds. The van der Waals surface area contributed by atoms with Crippen LogP contribution in [0.15, 0.2) is 83.9 Å². The normalized spacial score (nSPS) is 16.0. The van der Waals surface area contributed by atoms with E-state index in [0.717, 1.165) is 46.3 Å². The molecule has 0 bridgehead atoms. The highest BCUT2D eigenvalue weighted by Gasteiger charge is 2.33. The third-order valence-corrected chi connectivity index (χ3v) is 8.09. The summed E-state index contributed by atoms with van der Waals surface area (Å²) in [6.45, 7) is 1.74. The van der Waals surface area contributed by atoms with Gasteiger partial charge in [0.25, 0.3) is 0 Å². The van der Waals surface area contributed by atoms with Gasteiger partial charge in [0, 0.05) is 48.2 Å². The highest BCUT2D eigenvalue weighted by molar-refractivity contribution is 7.97. The van der Waals surface area contributed by atoms with Crippen LogP contribution in [0.3, 0.4) is 0 Å². The van der Waals surface area contributed by atoms with Crippen LogP contribution in [-0.2, 0) is 22.6 Å². The molecule has 5 rings (SSSR count). The molecule has 0 saturated carbocycles. The van der Waals surface area contributed by atoms with Gasteiger partial charge in [-0.1, -0.05) is 66.2 Å². The summed E-state index contributed by atoms with van der Waals surface area (Å²) >= 11 is 7.54. The Morgan fingerprint density at radius 2 is 1.87 bits per heavy atom. The first kappa shape index (κ1) is 27.0. The van der Waals surface area contributed by atoms with Crippen molar-refractivity contribution in [3.05, 3.63) is 101 Å². The molecule has 3 aromatic carbocycles. The maximum atomic E-state index is 13.1. The lowest BCUT2D eigenvalue weighted by Gasteiger charge is -2.37. The van der Waals surface area contributed by atoms with Crippen LogP contribution in [-0.4, -0.2) is 69.8 Å². The zero-order chi connectivity index (χ0) is 27.4. The molecule has 1 aliphatic heterocycles. The number of aromatic amines is 1. The van der Waals surface area contributed by atoms with Crippen molar-refractivity contribution in [2.75, 3.05) is 26.7 Å². The molecule has 0 aliphatic carbocycles. The van der Waals surface area contributed by atoms with E-state index in [1.807, 2.05) is 83.0 Å². The van der Waals surface area contributed by atoms with Crippen LogP contribution in [0.5, 0.6) is 0 Å². The van der Waals surface area contributed by atoms with Gasteiger partial charge in [-0.2, -0.15) is 0 Å². The molecular weight excluding hydrogens is 530 g/mol. The van der Waals surface area contributed by atoms with E-state index in [1.54, 1.807) is 4.90 Å². The summed E-state index contributed by atoms with van der Waals surface area (Å²) in [6, 6.07) is 25.0. The van der Waals surface area contributed by atoms with E-state index in [4.69, 9.17) is 17.0 Å². The van der Waals surface area contributed by atoms with Crippen LogP contribution in [0.25, 0.3) is 10.9 Å². The Morgan fingerprint density at radius 3 is 2.62 bits per heavy atom. The van der Waals surface area contributed by atoms with Gasteiger partial charge in [-0.25, -0.2) is 4.31 Å². The van der Waals surface area contributed by atoms with Gasteiger partial charge < -0.3 is 19.6 Å². The second-order valence-electron chi connectivity index (χ2n) is 9.71. The van der Waals surface area contributed by atoms with E-state index in [9.17, 15) is 9.59 Å². The van der Waals surface area contributed by atoms with Crippen molar-refractivity contribution in [3.8, 4) is 0 Å². The number of aromatic nitrogens is 1. The third kappa shape index (κ3) is 6.53. The molecule has 9 heteroatoms. The number of benzene rings is 3. The number of nitrogens with one attached hydrogen (secondary N) is 2. The van der Waals surface area contributed by atoms with E-state index in [-0.39, 0.29) is 12.5 Å². The van der Waals surface area contributed by atoms with Crippen LogP contribution >= 0.6 is 23.5 Å². The minimum atomic E-state index is -0.542. The van der Waals surface area contributed by atoms with E-state index in [0.29, 0.717) is 23.9 Å². The predicted octanol–water partition coefficient (Wildman–Crippen LogP) is 5.24. The lowest BCUT2D eigenvalue weighted by molar-refractivity contribution is -0.141. The molecule has 2 N–H and O–H groups in total. The van der Waals surface area contributed by atoms with Crippen molar-refractivity contribution in [1.29, 1.82) is 5.41 Å². The summed E-state index contributed by atoms with van der Waals surface area (Å²) in [5.74, 6) is 0.353. The molecule has 1 fully saturated rings. The molecular formula is C30H30ClN5O2S. The first-order chi connectivity index (χ1) is 18.9. The number of likely N-dealkylation sites (N-methyl/N-ethyl adjacent to an activating group) is 1. The zero-order valence-corrected chi connectivity index (χ0v) is 23.2. The van der Waals surface area contributed by atoms with Crippen molar-refractivity contribution >= 4 is 52.5 Å². The van der Waals surface area contributed by atoms with Gasteiger partial charge in [0.15, 0.2) is 0 Å². The number of amides is 1. The number of hydrogen-bond donors (Lipinski definition) is 2. The molecule has 200 valence electrons. The van der Waals surface area contributed by atoms with Crippen LogP contribution in [0.2, 0.25) is 5.02 Å². The number of aldehydes is 1. The summed E-state index contributed by atoms with van der Waals surface area (Å²) in [6.07, 6.45) is 1.72. The highest BCUT2D eigenvalue weighted by atomic mass is 35.5. The summed E-state index contributed by atoms with van der Waals surface area (Å²) < 4.78 is 1.92. The molecule has 1 atom stereocenters. The summed E-state index contributed by atoms with van der Waals surface area (Å²) in [7, 11) is 1.93. The third-order valence-electron chi connectivity index (χ3n) is 6.91. The smallest absolute Gasteiger partial charge is 0.238 e. The second-order valence-corrected chi connectivity index (χ2v) is 11.3. The van der Waals surface area contributed by atoms with Gasteiger partial charge in [0.2, 0.25) is 5.91 Å². The number of nitrogens with zero attached hydrogens (tertiary/aromatic N) is 3. The Kier molecular flexibility index (Phi) is 8.35. The molecule has 1 aromatic heterocycles. The first-order valence-corrected chi connectivity index (χ1v) is 13.9. The van der Waals surface area contributed by atoms with Gasteiger partial charge in [-0.3, -0.25) is 10.2 Å². The molecule has 2 heterocycles. The van der Waals surface area contributed by atoms with Gasteiger partial charge >= 0.3 is 0 Å². The molecule has 7 nitrogen and oxygen atoms in total. The van der Waals surface area contributed by atoms with Crippen molar-refractivity contribution in [3.63, 3.8) is 0 Å². The molecule has 1 saturated heterocycles. The van der Waals surface area contributed by atoms with Crippen molar-refractivity contribution in [2.45, 2.75) is 24.0 Å². The summed E-state index contributed by atoms with van der Waals surface area (Å²) in [4.78, 5) is 32.0. The number of hydrogen-bond acceptors (Lipinski definition) is 5. The molecule has 4 aromatic rings. The quantitative estimate of drug-likeness (QED) is 0.127. The van der Waals surface area contributed by atoms with Gasteiger partial charge in [-0.05, 0) is 53.8 Å². The van der Waals surface area contributed by atoms with Gasteiger partial charge in [0.05, 0.1) is 11.6 Å². The van der Waals surface area contributed by atoms with Gasteiger partial charge in [-0.15, -0.1) is 0 Å². The van der Waals surface area contributed by atoms with E-state index >= 15 is 0 Å². The lowest BCUT2D eigenvalue weighted by atomic mass is 10.1. The van der Waals surface area contributed by atoms with E-state index < -0.39 is 6.04 Å². The summed E-state index contributed by atoms with van der Waals surface area (Å²) in [5.41, 5.74) is 3.95. The van der Waals surface area contributed by atoms with E-state index in [2.05, 4.69) is 17.1 Å². The lowest BCUT2D eigenvalue weighted by Crippen LogP contribution is -2.54. The number of carbonyl (C=O) groups is 2. The number of amidine groups is 1. The molecule has 0 radical (unpaired) electrons. The number of piperazine rings is 1. The average Bonchev–Trinajstić information content (AvgIpc) is 3.34. The van der Waals surface area contributed by atoms with E-state index in [1.165, 1.54) is 17.5 Å². The fourth-order valence-electron chi connectivity index (χ4n) is 4.69. The standard InChI is InChI=1S/C30H30ClN5O2S/c1-34(14-13-21-5-3-2-4-6-21)30(32)23-9-7-22(8-10-23)17-36-26(20-37)18-35(19-29(36)38)39-28-16-24-15-25(31)11-12-27(24)33-28/h2-12,15-16,20,26,32-33H,13-14,17-19H2,1H3. The Balaban J connectivity index is 1.18. The number of halogens is 1. The van der Waals surface area contributed by atoms with Crippen molar-refractivity contribution in [2.24, 2.45) is 0 Å². The van der Waals surface area contributed by atoms with Crippen molar-refractivity contribution in [1.82, 2.24) is 19.1 Å². The van der Waals surface area contributed by atoms with Crippen LogP contribution in [0.1, 0.15) is 16.7 Å². The highest BCUT2D eigenvalue weighted by Crippen LogP contribution is 2.30. The fraction of sp³-hybridized carbons (Fsp3) is 0.233. The fourth-order valence-corrected chi connectivity index (χ4v) is 5.89. The Bertz CT molecular complexity index is 1470. The first-order valence-electron chi connectivity index (χ1n) is 12.8. The van der Waals surface area contributed by atoms with Crippen LogP contribution in [0.4, 0.5) is 0 Å². The summed E-state index contributed by atoms with van der Waals surface area (Å²) in [5, 5.41) is 11.1. The zero-order valence-electron chi connectivity index (χ0n) is 21.6. The second kappa shape index (κ2) is 12.1. The van der Waals surface area contributed by atoms with Gasteiger partial charge in [0.1, 0.15) is 18.2 Å². The minimum Gasteiger partial charge on any atom is -0.359 e. The predicted molar refractivity (Wildman–Crippen MR) is 157 cm³/mol. The van der Waals surface area contributed by atoms with Crippen LogP contribution < -0.4 is 0 Å². The van der Waals surface area contributed by atoms with Crippen molar-refractivity contribution < 1.29 is 9.59 Å². The molecule has 1 aliphatic rings. The molecule has 39 heavy (non-hydrogen) atoms. The minimum absolute atomic E-state index is 0.0949. The number of H-pyrrole nitrogens is 1. The number of fused-ring (bicyclic) bond motifs is 1. The Labute approximate surface area is 237 Å². The topological polar surface area (TPSA) is 83.5 Å².